The summed E-state index contributed by atoms with van der Waals surface area (Å²) in [5.41, 5.74) is 1.10. The van der Waals surface area contributed by atoms with Gasteiger partial charge in [-0.25, -0.2) is 0 Å². The van der Waals surface area contributed by atoms with Crippen LogP contribution in [0.2, 0.25) is 0 Å². The Labute approximate surface area is 140 Å². The summed E-state index contributed by atoms with van der Waals surface area (Å²) >= 11 is 0. The van der Waals surface area contributed by atoms with Gasteiger partial charge in [-0.15, -0.1) is 0 Å². The normalized spacial score (nSPS) is 17.0. The highest BCUT2D eigenvalue weighted by Gasteiger charge is 2.21. The van der Waals surface area contributed by atoms with Gasteiger partial charge in [0.2, 0.25) is 5.91 Å². The largest absolute Gasteiger partial charge is 0.496 e. The van der Waals surface area contributed by atoms with E-state index in [1.54, 1.807) is 7.11 Å². The van der Waals surface area contributed by atoms with Crippen LogP contribution in [-0.4, -0.2) is 37.6 Å². The highest BCUT2D eigenvalue weighted by molar-refractivity contribution is 5.81. The molecule has 4 nitrogen and oxygen atoms in total. The molecule has 0 spiro atoms. The number of likely N-dealkylation sites (N-methyl/N-ethyl adjacent to an activating group) is 1. The third kappa shape index (κ3) is 5.24. The van der Waals surface area contributed by atoms with Gasteiger partial charge in [0.05, 0.1) is 13.2 Å². The van der Waals surface area contributed by atoms with E-state index in [4.69, 9.17) is 4.74 Å². The van der Waals surface area contributed by atoms with E-state index >= 15 is 0 Å². The minimum atomic E-state index is -0.150. The summed E-state index contributed by atoms with van der Waals surface area (Å²) in [4.78, 5) is 14.5. The number of carbonyl (C=O) groups is 1. The van der Waals surface area contributed by atoms with E-state index in [-0.39, 0.29) is 11.9 Å². The van der Waals surface area contributed by atoms with Crippen molar-refractivity contribution in [3.05, 3.63) is 29.8 Å². The fourth-order valence-electron chi connectivity index (χ4n) is 3.22. The van der Waals surface area contributed by atoms with Crippen LogP contribution in [0.5, 0.6) is 5.75 Å². The first-order chi connectivity index (χ1) is 11.1. The zero-order valence-electron chi connectivity index (χ0n) is 14.7. The molecule has 0 radical (unpaired) electrons. The lowest BCUT2D eigenvalue weighted by atomic mass is 9.89. The first kappa shape index (κ1) is 17.8. The van der Waals surface area contributed by atoms with E-state index in [2.05, 4.69) is 10.2 Å². The Bertz CT molecular complexity index is 498. The second kappa shape index (κ2) is 8.92. The van der Waals surface area contributed by atoms with Gasteiger partial charge in [-0.3, -0.25) is 9.69 Å². The van der Waals surface area contributed by atoms with Gasteiger partial charge in [0.25, 0.3) is 0 Å². The Morgan fingerprint density at radius 1 is 1.30 bits per heavy atom. The van der Waals surface area contributed by atoms with Crippen molar-refractivity contribution in [2.24, 2.45) is 5.92 Å². The number of amides is 1. The van der Waals surface area contributed by atoms with E-state index in [1.165, 1.54) is 32.1 Å². The van der Waals surface area contributed by atoms with Crippen LogP contribution in [0.25, 0.3) is 0 Å². The summed E-state index contributed by atoms with van der Waals surface area (Å²) in [6, 6.07) is 7.81. The van der Waals surface area contributed by atoms with Gasteiger partial charge in [0.15, 0.2) is 0 Å². The van der Waals surface area contributed by atoms with Crippen LogP contribution >= 0.6 is 0 Å². The standard InChI is InChI=1S/C19H30N2O2/c1-15(19(22)20-13-16-9-5-4-6-10-16)21(2)14-17-11-7-8-12-18(17)23-3/h7-8,11-12,15-16H,4-6,9-10,13-14H2,1-3H3,(H,20,22). The molecule has 1 saturated carbocycles. The second-order valence-electron chi connectivity index (χ2n) is 6.65. The summed E-state index contributed by atoms with van der Waals surface area (Å²) in [6.07, 6.45) is 6.48. The molecule has 23 heavy (non-hydrogen) atoms. The topological polar surface area (TPSA) is 41.6 Å². The summed E-state index contributed by atoms with van der Waals surface area (Å²) in [5.74, 6) is 1.65. The average molecular weight is 318 g/mol. The number of carbonyl (C=O) groups excluding carboxylic acids is 1. The number of nitrogens with one attached hydrogen (secondary N) is 1. The lowest BCUT2D eigenvalue weighted by molar-refractivity contribution is -0.125. The molecular weight excluding hydrogens is 288 g/mol. The number of hydrogen-bond donors (Lipinski definition) is 1. The quantitative estimate of drug-likeness (QED) is 0.839. The molecule has 1 aliphatic rings. The number of methoxy groups -OCH3 is 1. The zero-order chi connectivity index (χ0) is 16.7. The molecule has 0 aromatic heterocycles. The summed E-state index contributed by atoms with van der Waals surface area (Å²) in [6.45, 7) is 3.49. The second-order valence-corrected chi connectivity index (χ2v) is 6.65. The molecule has 1 fully saturated rings. The van der Waals surface area contributed by atoms with Crippen LogP contribution in [0.1, 0.15) is 44.6 Å². The third-order valence-corrected chi connectivity index (χ3v) is 4.94. The fourth-order valence-corrected chi connectivity index (χ4v) is 3.22. The summed E-state index contributed by atoms with van der Waals surface area (Å²) in [5, 5.41) is 3.14. The van der Waals surface area contributed by atoms with Crippen LogP contribution in [0.3, 0.4) is 0 Å². The molecule has 1 aromatic carbocycles. The Morgan fingerprint density at radius 3 is 2.70 bits per heavy atom. The van der Waals surface area contributed by atoms with Gasteiger partial charge in [-0.1, -0.05) is 37.5 Å². The monoisotopic (exact) mass is 318 g/mol. The number of para-hydroxylation sites is 1. The van der Waals surface area contributed by atoms with Gasteiger partial charge < -0.3 is 10.1 Å². The summed E-state index contributed by atoms with van der Waals surface area (Å²) in [7, 11) is 3.66. The highest BCUT2D eigenvalue weighted by Crippen LogP contribution is 2.23. The Kier molecular flexibility index (Phi) is 6.90. The van der Waals surface area contributed by atoms with Crippen molar-refractivity contribution in [1.82, 2.24) is 10.2 Å². The van der Waals surface area contributed by atoms with Crippen molar-refractivity contribution in [1.29, 1.82) is 0 Å². The van der Waals surface area contributed by atoms with Crippen molar-refractivity contribution >= 4 is 5.91 Å². The van der Waals surface area contributed by atoms with Gasteiger partial charge in [-0.2, -0.15) is 0 Å². The zero-order valence-corrected chi connectivity index (χ0v) is 14.7. The van der Waals surface area contributed by atoms with Crippen LogP contribution < -0.4 is 10.1 Å². The Morgan fingerprint density at radius 2 is 2.00 bits per heavy atom. The fraction of sp³-hybridized carbons (Fsp3) is 0.632. The van der Waals surface area contributed by atoms with Crippen molar-refractivity contribution in [3.8, 4) is 5.75 Å². The molecule has 0 saturated heterocycles. The highest BCUT2D eigenvalue weighted by atomic mass is 16.5. The number of rotatable bonds is 7. The molecule has 128 valence electrons. The van der Waals surface area contributed by atoms with Crippen molar-refractivity contribution < 1.29 is 9.53 Å². The Hall–Kier alpha value is -1.55. The molecule has 1 unspecified atom stereocenters. The van der Waals surface area contributed by atoms with Crippen LogP contribution in [0.15, 0.2) is 24.3 Å². The van der Waals surface area contributed by atoms with Crippen molar-refractivity contribution in [2.75, 3.05) is 20.7 Å². The summed E-state index contributed by atoms with van der Waals surface area (Å²) < 4.78 is 5.39. The average Bonchev–Trinajstić information content (AvgIpc) is 2.60. The van der Waals surface area contributed by atoms with E-state index in [0.29, 0.717) is 12.5 Å². The SMILES string of the molecule is COc1ccccc1CN(C)C(C)C(=O)NCC1CCCCC1. The lowest BCUT2D eigenvalue weighted by Gasteiger charge is -2.26. The molecule has 1 atom stereocenters. The Balaban J connectivity index is 1.83. The molecule has 0 bridgehead atoms. The third-order valence-electron chi connectivity index (χ3n) is 4.94. The molecule has 0 heterocycles. The minimum absolute atomic E-state index is 0.118. The van der Waals surface area contributed by atoms with Gasteiger partial charge >= 0.3 is 0 Å². The van der Waals surface area contributed by atoms with Gasteiger partial charge in [-0.05, 0) is 38.8 Å². The molecule has 2 rings (SSSR count). The van der Waals surface area contributed by atoms with E-state index in [9.17, 15) is 4.79 Å². The van der Waals surface area contributed by atoms with E-state index < -0.39 is 0 Å². The molecular formula is C19H30N2O2. The van der Waals surface area contributed by atoms with Crippen LogP contribution in [0, 0.1) is 5.92 Å². The van der Waals surface area contributed by atoms with Crippen molar-refractivity contribution in [3.63, 3.8) is 0 Å². The van der Waals surface area contributed by atoms with E-state index in [1.807, 2.05) is 38.2 Å². The van der Waals surface area contributed by atoms with Crippen LogP contribution in [-0.2, 0) is 11.3 Å². The van der Waals surface area contributed by atoms with Crippen molar-refractivity contribution in [2.45, 2.75) is 51.6 Å². The van der Waals surface area contributed by atoms with Crippen LogP contribution in [0.4, 0.5) is 0 Å². The molecule has 1 aliphatic carbocycles. The van der Waals surface area contributed by atoms with E-state index in [0.717, 1.165) is 17.9 Å². The molecule has 4 heteroatoms. The molecule has 1 aromatic rings. The predicted molar refractivity (Wildman–Crippen MR) is 93.5 cm³/mol. The smallest absolute Gasteiger partial charge is 0.237 e. The van der Waals surface area contributed by atoms with Gasteiger partial charge in [0, 0.05) is 18.7 Å². The van der Waals surface area contributed by atoms with Gasteiger partial charge in [0.1, 0.15) is 5.75 Å². The maximum atomic E-state index is 12.4. The molecule has 1 N–H and O–H groups in total. The number of ether oxygens (including phenoxy) is 1. The number of benzene rings is 1. The maximum absolute atomic E-state index is 12.4. The number of hydrogen-bond acceptors (Lipinski definition) is 3. The minimum Gasteiger partial charge on any atom is -0.496 e. The predicted octanol–water partition coefficient (Wildman–Crippen LogP) is 3.21. The first-order valence-corrected chi connectivity index (χ1v) is 8.71. The number of nitrogens with zero attached hydrogens (tertiary/aromatic N) is 1. The maximum Gasteiger partial charge on any atom is 0.237 e. The molecule has 1 amide bonds. The lowest BCUT2D eigenvalue weighted by Crippen LogP contribution is -2.44. The molecule has 0 aliphatic heterocycles. The first-order valence-electron chi connectivity index (χ1n) is 8.71.